The van der Waals surface area contributed by atoms with Gasteiger partial charge in [-0.1, -0.05) is 18.2 Å². The number of benzene rings is 1. The van der Waals surface area contributed by atoms with Crippen LogP contribution < -0.4 is 0 Å². The summed E-state index contributed by atoms with van der Waals surface area (Å²) < 4.78 is 29.8. The number of carboxylic acids is 2. The highest BCUT2D eigenvalue weighted by atomic mass is 32.2. The first-order valence-corrected chi connectivity index (χ1v) is 8.03. The summed E-state index contributed by atoms with van der Waals surface area (Å²) in [5, 5.41) is 37.3. The number of hydroxylamine groups is 2. The zero-order valence-corrected chi connectivity index (χ0v) is 13.0. The third kappa shape index (κ3) is 3.69. The maximum Gasteiger partial charge on any atom is 0.348 e. The lowest BCUT2D eigenvalue weighted by atomic mass is 10.2. The number of rotatable bonds is 6. The quantitative estimate of drug-likeness (QED) is 0.460. The van der Waals surface area contributed by atoms with Gasteiger partial charge in [-0.05, 0) is 17.3 Å². The molecule has 1 aliphatic rings. The van der Waals surface area contributed by atoms with Crippen LogP contribution >= 0.6 is 0 Å². The van der Waals surface area contributed by atoms with E-state index in [9.17, 15) is 28.3 Å². The van der Waals surface area contributed by atoms with Crippen LogP contribution in [0.3, 0.4) is 0 Å². The number of aliphatic hydroxyl groups excluding tert-OH is 1. The highest BCUT2D eigenvalue weighted by molar-refractivity contribution is 7.92. The van der Waals surface area contributed by atoms with Crippen LogP contribution in [-0.4, -0.2) is 69.6 Å². The van der Waals surface area contributed by atoms with Gasteiger partial charge in [-0.25, -0.2) is 18.0 Å². The average molecular weight is 376 g/mol. The van der Waals surface area contributed by atoms with E-state index in [0.717, 1.165) is 0 Å². The molecule has 0 saturated heterocycles. The van der Waals surface area contributed by atoms with Crippen LogP contribution in [0.15, 0.2) is 40.4 Å². The molecule has 0 aromatic heterocycles. The molecule has 0 fully saturated rings. The fraction of sp³-hybridized carbons (Fsp3) is 0.250. The maximum atomic E-state index is 12.5. The van der Waals surface area contributed by atoms with E-state index < -0.39 is 45.3 Å². The van der Waals surface area contributed by atoms with E-state index in [-0.39, 0.29) is 10.1 Å². The normalized spacial score (nSPS) is 20.2. The molecule has 0 saturated carbocycles. The van der Waals surface area contributed by atoms with Crippen molar-refractivity contribution in [2.75, 3.05) is 0 Å². The summed E-state index contributed by atoms with van der Waals surface area (Å²) in [5.74, 6) is -4.78. The molecule has 13 heteroatoms. The minimum absolute atomic E-state index is 0.205. The molecule has 1 heterocycles. The van der Waals surface area contributed by atoms with Gasteiger partial charge in [0.2, 0.25) is 15.9 Å². The molecule has 0 amide bonds. The molecule has 0 aliphatic carbocycles. The molecule has 1 aliphatic heterocycles. The van der Waals surface area contributed by atoms with Gasteiger partial charge in [0.25, 0.3) is 11.3 Å². The van der Waals surface area contributed by atoms with Gasteiger partial charge in [0.05, 0.1) is 4.90 Å². The Hall–Kier alpha value is -2.74. The molecule has 1 unspecified atom stereocenters. The van der Waals surface area contributed by atoms with Crippen molar-refractivity contribution in [1.82, 2.24) is 5.23 Å². The molecule has 0 radical (unpaired) electrons. The Labute approximate surface area is 139 Å². The largest absolute Gasteiger partial charge is 0.479 e. The second-order valence-electron chi connectivity index (χ2n) is 4.68. The summed E-state index contributed by atoms with van der Waals surface area (Å²) in [6.45, 7) is 0. The Balaban J connectivity index is 2.35. The van der Waals surface area contributed by atoms with Gasteiger partial charge < -0.3 is 20.1 Å². The summed E-state index contributed by atoms with van der Waals surface area (Å²) >= 11 is 0. The minimum Gasteiger partial charge on any atom is -0.479 e. The lowest BCUT2D eigenvalue weighted by Gasteiger charge is -2.20. The van der Waals surface area contributed by atoms with Crippen LogP contribution in [0, 0.1) is 0 Å². The Morgan fingerprint density at radius 2 is 1.80 bits per heavy atom. The average Bonchev–Trinajstić information content (AvgIpc) is 2.93. The number of oxime groups is 1. The number of sulfone groups is 1. The molecular weight excluding hydrogens is 364 g/mol. The monoisotopic (exact) mass is 376 g/mol. The molecule has 25 heavy (non-hydrogen) atoms. The fourth-order valence-electron chi connectivity index (χ4n) is 1.84. The van der Waals surface area contributed by atoms with E-state index in [1.165, 1.54) is 30.3 Å². The fourth-order valence-corrected chi connectivity index (χ4v) is 3.28. The molecule has 0 bridgehead atoms. The first-order chi connectivity index (χ1) is 11.7. The number of aliphatic carboxylic acids is 2. The third-order valence-corrected chi connectivity index (χ3v) is 4.92. The lowest BCUT2D eigenvalue weighted by Crippen LogP contribution is -2.47. The van der Waals surface area contributed by atoms with Gasteiger partial charge in [-0.2, -0.15) is 0 Å². The molecule has 1 aromatic carbocycles. The molecule has 4 N–H and O–H groups in total. The van der Waals surface area contributed by atoms with Gasteiger partial charge in [-0.15, -0.1) is 0 Å². The number of hydrogen-bond acceptors (Lipinski definition) is 10. The second kappa shape index (κ2) is 7.02. The minimum atomic E-state index is -4.38. The highest BCUT2D eigenvalue weighted by Gasteiger charge is 2.48. The van der Waals surface area contributed by atoms with E-state index in [4.69, 9.17) is 14.9 Å². The Kier molecular flexibility index (Phi) is 5.22. The van der Waals surface area contributed by atoms with Crippen molar-refractivity contribution in [3.63, 3.8) is 0 Å². The predicted molar refractivity (Wildman–Crippen MR) is 75.7 cm³/mol. The molecular formula is C12H12N2O10S. The maximum absolute atomic E-state index is 12.5. The number of nitrogens with zero attached hydrogens (tertiary/aromatic N) is 2. The van der Waals surface area contributed by atoms with Crippen molar-refractivity contribution in [3.8, 4) is 0 Å². The first-order valence-electron chi connectivity index (χ1n) is 6.48. The number of carbonyl (C=O) groups is 2. The zero-order chi connectivity index (χ0) is 18.8. The number of hydrogen-bond donors (Lipinski definition) is 4. The molecule has 136 valence electrons. The summed E-state index contributed by atoms with van der Waals surface area (Å²) in [6.07, 6.45) is -4.91. The standard InChI is InChI=1S/C12H12N2O10S/c15-7(11(16)17)8(12(18)19)23-9-10(14(20)24-13-9)25(21,22)6-4-2-1-3-5-6/h1-5,7-8,10,15,20H,(H,16,17)(H,18,19)/t7-,8-,10?/m1/s1. The Morgan fingerprint density at radius 3 is 2.32 bits per heavy atom. The molecule has 3 atom stereocenters. The van der Waals surface area contributed by atoms with Crippen molar-refractivity contribution >= 4 is 27.7 Å². The van der Waals surface area contributed by atoms with Crippen LogP contribution in [0.5, 0.6) is 0 Å². The van der Waals surface area contributed by atoms with Crippen LogP contribution in [0.2, 0.25) is 0 Å². The summed E-state index contributed by atoms with van der Waals surface area (Å²) in [5.41, 5.74) is 0. The summed E-state index contributed by atoms with van der Waals surface area (Å²) in [7, 11) is -4.38. The zero-order valence-electron chi connectivity index (χ0n) is 12.2. The van der Waals surface area contributed by atoms with Crippen molar-refractivity contribution < 1.29 is 48.2 Å². The number of carboxylic acid groups (broad SMARTS) is 2. The van der Waals surface area contributed by atoms with E-state index >= 15 is 0 Å². The summed E-state index contributed by atoms with van der Waals surface area (Å²) in [6, 6.07) is 6.72. The number of aliphatic hydroxyl groups is 1. The van der Waals surface area contributed by atoms with Crippen LogP contribution in [0.25, 0.3) is 0 Å². The lowest BCUT2D eigenvalue weighted by molar-refractivity contribution is -0.327. The molecule has 2 rings (SSSR count). The SMILES string of the molecule is O=C(O)[C@H](O)[C@@H](OC1=NON(O)C1S(=O)(=O)c1ccccc1)C(=O)O. The Bertz CT molecular complexity index is 793. The highest BCUT2D eigenvalue weighted by Crippen LogP contribution is 2.24. The van der Waals surface area contributed by atoms with Gasteiger partial charge in [0.1, 0.15) is 0 Å². The van der Waals surface area contributed by atoms with Crippen molar-refractivity contribution in [2.45, 2.75) is 22.5 Å². The molecule has 1 aromatic rings. The van der Waals surface area contributed by atoms with Gasteiger partial charge in [-0.3, -0.25) is 10.1 Å². The van der Waals surface area contributed by atoms with E-state index in [2.05, 4.69) is 10.1 Å². The smallest absolute Gasteiger partial charge is 0.348 e. The third-order valence-electron chi connectivity index (χ3n) is 3.02. The topological polar surface area (TPSA) is 183 Å². The van der Waals surface area contributed by atoms with Crippen molar-refractivity contribution in [1.29, 1.82) is 0 Å². The van der Waals surface area contributed by atoms with Gasteiger partial charge >= 0.3 is 11.9 Å². The van der Waals surface area contributed by atoms with Crippen LogP contribution in [0.1, 0.15) is 0 Å². The first kappa shape index (κ1) is 18.6. The molecule has 0 spiro atoms. The summed E-state index contributed by atoms with van der Waals surface area (Å²) in [4.78, 5) is 25.8. The van der Waals surface area contributed by atoms with Crippen LogP contribution in [-0.2, 0) is 29.1 Å². The van der Waals surface area contributed by atoms with Gasteiger partial charge in [0.15, 0.2) is 6.10 Å². The van der Waals surface area contributed by atoms with Crippen molar-refractivity contribution in [3.05, 3.63) is 30.3 Å². The molecule has 12 nitrogen and oxygen atoms in total. The van der Waals surface area contributed by atoms with Crippen LogP contribution in [0.4, 0.5) is 0 Å². The van der Waals surface area contributed by atoms with E-state index in [1.807, 2.05) is 0 Å². The predicted octanol–water partition coefficient (Wildman–Crippen LogP) is -1.35. The number of ether oxygens (including phenoxy) is 1. The van der Waals surface area contributed by atoms with Crippen molar-refractivity contribution in [2.24, 2.45) is 5.16 Å². The van der Waals surface area contributed by atoms with E-state index in [0.29, 0.717) is 0 Å². The Morgan fingerprint density at radius 1 is 1.20 bits per heavy atom. The van der Waals surface area contributed by atoms with Gasteiger partial charge in [0, 0.05) is 5.23 Å². The second-order valence-corrected chi connectivity index (χ2v) is 6.69. The van der Waals surface area contributed by atoms with E-state index in [1.54, 1.807) is 0 Å².